The van der Waals surface area contributed by atoms with Gasteiger partial charge in [-0.2, -0.15) is 0 Å². The van der Waals surface area contributed by atoms with Crippen LogP contribution >= 0.6 is 0 Å². The SMILES string of the molecule is CC=C(C)C(=O)O[C@H]1CC[C@@H]2C(=O)c3occ(C)c3[C@@H](OC(=O)C(C)C)[C@]2(C)[C@H]1C. The Morgan fingerprint density at radius 1 is 1.27 bits per heavy atom. The van der Waals surface area contributed by atoms with Crippen molar-refractivity contribution in [3.05, 3.63) is 34.8 Å². The number of esters is 2. The molecule has 0 aliphatic heterocycles. The highest BCUT2D eigenvalue weighted by Gasteiger charge is 2.61. The van der Waals surface area contributed by atoms with Crippen LogP contribution in [0.2, 0.25) is 0 Å². The van der Waals surface area contributed by atoms with Gasteiger partial charge in [-0.3, -0.25) is 9.59 Å². The van der Waals surface area contributed by atoms with Crippen LogP contribution < -0.4 is 0 Å². The minimum Gasteiger partial charge on any atom is -0.461 e. The van der Waals surface area contributed by atoms with Crippen molar-refractivity contribution in [2.75, 3.05) is 0 Å². The summed E-state index contributed by atoms with van der Waals surface area (Å²) in [6, 6.07) is 0. The summed E-state index contributed by atoms with van der Waals surface area (Å²) in [4.78, 5) is 38.3. The first-order chi connectivity index (χ1) is 14.0. The molecule has 0 radical (unpaired) electrons. The number of fused-ring (bicyclic) bond motifs is 2. The van der Waals surface area contributed by atoms with Crippen molar-refractivity contribution in [1.82, 2.24) is 0 Å². The second-order valence-corrected chi connectivity index (χ2v) is 9.20. The molecular weight excluding hydrogens is 384 g/mol. The number of carbonyl (C=O) groups excluding carboxylic acids is 3. The predicted octanol–water partition coefficient (Wildman–Crippen LogP) is 4.96. The van der Waals surface area contributed by atoms with Gasteiger partial charge in [-0.15, -0.1) is 0 Å². The minimum atomic E-state index is -0.712. The minimum absolute atomic E-state index is 0.0568. The molecule has 6 nitrogen and oxygen atoms in total. The lowest BCUT2D eigenvalue weighted by Crippen LogP contribution is -2.55. The number of hydrogen-bond donors (Lipinski definition) is 0. The summed E-state index contributed by atoms with van der Waals surface area (Å²) >= 11 is 0. The fourth-order valence-electron chi connectivity index (χ4n) is 4.83. The molecule has 1 saturated carbocycles. The Morgan fingerprint density at radius 2 is 1.93 bits per heavy atom. The lowest BCUT2D eigenvalue weighted by molar-refractivity contribution is -0.183. The van der Waals surface area contributed by atoms with Gasteiger partial charge in [0.15, 0.2) is 5.76 Å². The van der Waals surface area contributed by atoms with Crippen molar-refractivity contribution >= 4 is 17.7 Å². The van der Waals surface area contributed by atoms with Crippen LogP contribution in [0.4, 0.5) is 0 Å². The molecule has 0 unspecified atom stereocenters. The number of ether oxygens (including phenoxy) is 2. The zero-order chi connectivity index (χ0) is 22.4. The first-order valence-corrected chi connectivity index (χ1v) is 10.7. The summed E-state index contributed by atoms with van der Waals surface area (Å²) in [5, 5.41) is 0. The van der Waals surface area contributed by atoms with Crippen LogP contribution in [0.25, 0.3) is 0 Å². The van der Waals surface area contributed by atoms with Gasteiger partial charge in [0.2, 0.25) is 5.78 Å². The normalized spacial score (nSPS) is 31.2. The maximum absolute atomic E-state index is 13.3. The molecule has 0 spiro atoms. The molecule has 6 heteroatoms. The van der Waals surface area contributed by atoms with Crippen molar-refractivity contribution < 1.29 is 28.3 Å². The average molecular weight is 417 g/mol. The van der Waals surface area contributed by atoms with E-state index >= 15 is 0 Å². The Balaban J connectivity index is 2.05. The van der Waals surface area contributed by atoms with Crippen molar-refractivity contribution in [3.63, 3.8) is 0 Å². The molecular formula is C24H32O6. The third-order valence-corrected chi connectivity index (χ3v) is 7.14. The number of furan rings is 1. The standard InChI is InChI=1S/C24H32O6/c1-8-13(4)23(27)29-17-10-9-16-19(25)20-18(14(5)11-28-20)21(24(16,7)15(17)6)30-22(26)12(2)3/h8,11-12,15-17,21H,9-10H2,1-7H3/t15-,16+,17-,21+,24+/m0/s1. The molecule has 0 saturated heterocycles. The Morgan fingerprint density at radius 3 is 2.53 bits per heavy atom. The summed E-state index contributed by atoms with van der Waals surface area (Å²) in [6.45, 7) is 12.9. The van der Waals surface area contributed by atoms with E-state index in [0.29, 0.717) is 29.7 Å². The molecule has 2 aliphatic rings. The number of allylic oxidation sites excluding steroid dienone is 1. The van der Waals surface area contributed by atoms with Gasteiger partial charge in [-0.1, -0.05) is 33.8 Å². The maximum atomic E-state index is 13.3. The Hall–Kier alpha value is -2.37. The molecule has 1 aromatic heterocycles. The molecule has 0 aromatic carbocycles. The van der Waals surface area contributed by atoms with Gasteiger partial charge in [0.05, 0.1) is 12.2 Å². The molecule has 5 atom stereocenters. The molecule has 1 heterocycles. The fraction of sp³-hybridized carbons (Fsp3) is 0.625. The molecule has 1 fully saturated rings. The summed E-state index contributed by atoms with van der Waals surface area (Å²) in [6.07, 6.45) is 3.39. The van der Waals surface area contributed by atoms with Gasteiger partial charge in [-0.25, -0.2) is 4.79 Å². The smallest absolute Gasteiger partial charge is 0.333 e. The number of rotatable bonds is 4. The van der Waals surface area contributed by atoms with Gasteiger partial charge in [-0.05, 0) is 39.2 Å². The van der Waals surface area contributed by atoms with Crippen LogP contribution in [0.1, 0.15) is 82.2 Å². The van der Waals surface area contributed by atoms with Gasteiger partial charge < -0.3 is 13.9 Å². The second kappa shape index (κ2) is 8.05. The van der Waals surface area contributed by atoms with Crippen LogP contribution in [0.3, 0.4) is 0 Å². The Kier molecular flexibility index (Phi) is 5.99. The number of ketones is 1. The lowest BCUT2D eigenvalue weighted by Gasteiger charge is -2.53. The summed E-state index contributed by atoms with van der Waals surface area (Å²) < 4.78 is 17.5. The van der Waals surface area contributed by atoms with Gasteiger partial charge in [0.1, 0.15) is 12.2 Å². The van der Waals surface area contributed by atoms with E-state index in [4.69, 9.17) is 13.9 Å². The molecule has 0 N–H and O–H groups in total. The van der Waals surface area contributed by atoms with E-state index in [-0.39, 0.29) is 41.6 Å². The molecule has 164 valence electrons. The fourth-order valence-corrected chi connectivity index (χ4v) is 4.83. The van der Waals surface area contributed by atoms with E-state index in [1.54, 1.807) is 40.0 Å². The Labute approximate surface area is 178 Å². The topological polar surface area (TPSA) is 82.8 Å². The highest BCUT2D eigenvalue weighted by Crippen LogP contribution is 2.60. The molecule has 0 amide bonds. The van der Waals surface area contributed by atoms with Gasteiger partial charge in [0, 0.05) is 28.4 Å². The van der Waals surface area contributed by atoms with Crippen LogP contribution in [-0.4, -0.2) is 23.8 Å². The number of aryl methyl sites for hydroxylation is 1. The highest BCUT2D eigenvalue weighted by atomic mass is 16.6. The number of carbonyl (C=O) groups is 3. The second-order valence-electron chi connectivity index (χ2n) is 9.20. The third kappa shape index (κ3) is 3.40. The first kappa shape index (κ1) is 22.3. The van der Waals surface area contributed by atoms with E-state index < -0.39 is 11.5 Å². The molecule has 1 aromatic rings. The van der Waals surface area contributed by atoms with E-state index in [9.17, 15) is 14.4 Å². The van der Waals surface area contributed by atoms with E-state index in [1.165, 1.54) is 0 Å². The highest BCUT2D eigenvalue weighted by molar-refractivity contribution is 5.99. The van der Waals surface area contributed by atoms with Crippen LogP contribution in [0.15, 0.2) is 22.3 Å². The largest absolute Gasteiger partial charge is 0.461 e. The molecule has 0 bridgehead atoms. The summed E-state index contributed by atoms with van der Waals surface area (Å²) in [5.41, 5.74) is 1.27. The number of hydrogen-bond acceptors (Lipinski definition) is 6. The lowest BCUT2D eigenvalue weighted by atomic mass is 9.53. The van der Waals surface area contributed by atoms with Crippen molar-refractivity contribution in [1.29, 1.82) is 0 Å². The molecule has 2 aliphatic carbocycles. The van der Waals surface area contributed by atoms with E-state index in [1.807, 2.05) is 20.8 Å². The van der Waals surface area contributed by atoms with E-state index in [0.717, 1.165) is 5.56 Å². The maximum Gasteiger partial charge on any atom is 0.333 e. The quantitative estimate of drug-likeness (QED) is 0.510. The monoisotopic (exact) mass is 416 g/mol. The van der Waals surface area contributed by atoms with Crippen LogP contribution in [-0.2, 0) is 19.1 Å². The zero-order valence-electron chi connectivity index (χ0n) is 18.9. The van der Waals surface area contributed by atoms with Gasteiger partial charge >= 0.3 is 11.9 Å². The summed E-state index contributed by atoms with van der Waals surface area (Å²) in [5.74, 6) is -1.30. The number of Topliss-reactive ketones (excluding diaryl/α,β-unsaturated/α-hetero) is 1. The Bertz CT molecular complexity index is 892. The molecule has 30 heavy (non-hydrogen) atoms. The molecule has 3 rings (SSSR count). The van der Waals surface area contributed by atoms with Gasteiger partial charge in [0.25, 0.3) is 0 Å². The first-order valence-electron chi connectivity index (χ1n) is 10.7. The van der Waals surface area contributed by atoms with Crippen molar-refractivity contribution in [2.45, 2.75) is 73.5 Å². The van der Waals surface area contributed by atoms with Crippen LogP contribution in [0.5, 0.6) is 0 Å². The summed E-state index contributed by atoms with van der Waals surface area (Å²) in [7, 11) is 0. The third-order valence-electron chi connectivity index (χ3n) is 7.14. The zero-order valence-corrected chi connectivity index (χ0v) is 18.9. The van der Waals surface area contributed by atoms with Crippen molar-refractivity contribution in [2.24, 2.45) is 23.2 Å². The van der Waals surface area contributed by atoms with Crippen LogP contribution in [0, 0.1) is 30.1 Å². The predicted molar refractivity (Wildman–Crippen MR) is 111 cm³/mol. The average Bonchev–Trinajstić information content (AvgIpc) is 3.09. The van der Waals surface area contributed by atoms with Crippen molar-refractivity contribution in [3.8, 4) is 0 Å². The van der Waals surface area contributed by atoms with E-state index in [2.05, 4.69) is 0 Å².